The van der Waals surface area contributed by atoms with Crippen molar-refractivity contribution >= 4 is 0 Å². The van der Waals surface area contributed by atoms with Gasteiger partial charge in [-0.3, -0.25) is 0 Å². The molecule has 68 valence electrons. The highest BCUT2D eigenvalue weighted by Gasteiger charge is 2.26. The summed E-state index contributed by atoms with van der Waals surface area (Å²) in [5, 5.41) is 15.8. The molecule has 2 atom stereocenters. The molecule has 0 heterocycles. The second-order valence-electron chi connectivity index (χ2n) is 3.03. The molecule has 0 aliphatic heterocycles. The Labute approximate surface area is 67.6 Å². The third-order valence-electron chi connectivity index (χ3n) is 2.11. The number of rotatable bonds is 1. The predicted octanol–water partition coefficient (Wildman–Crippen LogP) is -0.204. The molecule has 11 heavy (non-hydrogen) atoms. The van der Waals surface area contributed by atoms with E-state index in [2.05, 4.69) is 10.8 Å². The molecule has 1 aliphatic carbocycles. The molecule has 4 N–H and O–H groups in total. The highest BCUT2D eigenvalue weighted by molar-refractivity contribution is 4.81. The Hall–Kier alpha value is -0.160. The number of aliphatic hydroxyl groups is 1. The average molecular weight is 162 g/mol. The van der Waals surface area contributed by atoms with Crippen molar-refractivity contribution in [3.63, 3.8) is 0 Å². The molecular weight excluding hydrogens is 144 g/mol. The van der Waals surface area contributed by atoms with E-state index >= 15 is 0 Å². The molecule has 0 aromatic carbocycles. The Morgan fingerprint density at radius 3 is 2.00 bits per heavy atom. The molecule has 1 aliphatic rings. The molecule has 0 spiro atoms. The molecule has 0 amide bonds. The first-order chi connectivity index (χ1) is 5.22. The number of hydrogen-bond acceptors (Lipinski definition) is 4. The van der Waals surface area contributed by atoms with Gasteiger partial charge >= 0.3 is 0 Å². The minimum Gasteiger partial charge on any atom is -0.391 e. The molecule has 0 saturated heterocycles. The smallest absolute Gasteiger partial charge is 0.0695 e. The van der Waals surface area contributed by atoms with Gasteiger partial charge in [-0.1, -0.05) is 0 Å². The van der Waals surface area contributed by atoms with Crippen LogP contribution in [0.2, 0.25) is 0 Å². The van der Waals surface area contributed by atoms with E-state index in [9.17, 15) is 5.11 Å². The van der Waals surface area contributed by atoms with Crippen molar-refractivity contribution in [3.8, 4) is 0 Å². The number of nitrogens with zero attached hydrogens (tertiary/aromatic N) is 1. The average Bonchev–Trinajstić information content (AvgIpc) is 2.39. The van der Waals surface area contributed by atoms with Crippen molar-refractivity contribution < 1.29 is 10.3 Å². The highest BCUT2D eigenvalue weighted by atomic mass is 16.4. The maximum absolute atomic E-state index is 9.32. The second-order valence-corrected chi connectivity index (χ2v) is 3.03. The van der Waals surface area contributed by atoms with Gasteiger partial charge in [-0.05, 0) is 33.4 Å². The summed E-state index contributed by atoms with van der Waals surface area (Å²) in [5.74, 6) is 3.50. The Morgan fingerprint density at radius 2 is 1.82 bits per heavy atom. The van der Waals surface area contributed by atoms with Crippen LogP contribution in [-0.4, -0.2) is 41.5 Å². The van der Waals surface area contributed by atoms with Crippen molar-refractivity contribution in [1.82, 2.24) is 4.90 Å². The Morgan fingerprint density at radius 1 is 1.27 bits per heavy atom. The Bertz CT molecular complexity index is 98.4. The Kier molecular flexibility index (Phi) is 5.41. The van der Waals surface area contributed by atoms with E-state index in [4.69, 9.17) is 5.21 Å². The zero-order valence-corrected chi connectivity index (χ0v) is 7.20. The first-order valence-corrected chi connectivity index (χ1v) is 3.82. The van der Waals surface area contributed by atoms with Crippen LogP contribution < -0.4 is 5.90 Å². The first-order valence-electron chi connectivity index (χ1n) is 3.82. The van der Waals surface area contributed by atoms with Crippen LogP contribution in [0.15, 0.2) is 0 Å². The lowest BCUT2D eigenvalue weighted by molar-refractivity contribution is 0.100. The van der Waals surface area contributed by atoms with Crippen LogP contribution in [0.25, 0.3) is 0 Å². The number of aliphatic hydroxyl groups excluding tert-OH is 1. The van der Waals surface area contributed by atoms with Crippen LogP contribution in [0.1, 0.15) is 19.3 Å². The molecule has 0 bridgehead atoms. The minimum atomic E-state index is -0.0694. The third kappa shape index (κ3) is 3.16. The van der Waals surface area contributed by atoms with Crippen LogP contribution in [0.3, 0.4) is 0 Å². The van der Waals surface area contributed by atoms with E-state index in [1.54, 1.807) is 0 Å². The topological polar surface area (TPSA) is 69.7 Å². The van der Waals surface area contributed by atoms with Gasteiger partial charge in [0.2, 0.25) is 0 Å². The molecule has 1 saturated carbocycles. The van der Waals surface area contributed by atoms with Gasteiger partial charge in [-0.15, -0.1) is 0 Å². The summed E-state index contributed by atoms with van der Waals surface area (Å²) in [6.45, 7) is 0. The maximum atomic E-state index is 9.32. The zero-order valence-electron chi connectivity index (χ0n) is 7.20. The van der Waals surface area contributed by atoms with E-state index in [-0.39, 0.29) is 6.10 Å². The lowest BCUT2D eigenvalue weighted by Crippen LogP contribution is -2.34. The fourth-order valence-corrected chi connectivity index (χ4v) is 1.52. The molecule has 1 rings (SSSR count). The maximum Gasteiger partial charge on any atom is 0.0695 e. The Balaban J connectivity index is 0.000000461. The molecule has 0 aromatic rings. The van der Waals surface area contributed by atoms with Crippen molar-refractivity contribution in [2.24, 2.45) is 5.90 Å². The predicted molar refractivity (Wildman–Crippen MR) is 43.3 cm³/mol. The van der Waals surface area contributed by atoms with Crippen molar-refractivity contribution in [1.29, 1.82) is 0 Å². The van der Waals surface area contributed by atoms with Crippen LogP contribution in [0, 0.1) is 0 Å². The largest absolute Gasteiger partial charge is 0.391 e. The van der Waals surface area contributed by atoms with Crippen molar-refractivity contribution in [2.45, 2.75) is 31.4 Å². The number of hydrogen-bond donors (Lipinski definition) is 3. The fourth-order valence-electron chi connectivity index (χ4n) is 1.52. The lowest BCUT2D eigenvalue weighted by Gasteiger charge is -2.21. The molecule has 1 fully saturated rings. The molecule has 4 nitrogen and oxygen atoms in total. The molecule has 4 heteroatoms. The first kappa shape index (κ1) is 10.8. The van der Waals surface area contributed by atoms with Gasteiger partial charge in [0.05, 0.1) is 6.10 Å². The summed E-state index contributed by atoms with van der Waals surface area (Å²) in [4.78, 5) is 2.11. The fraction of sp³-hybridized carbons (Fsp3) is 1.00. The minimum absolute atomic E-state index is 0.0694. The zero-order chi connectivity index (χ0) is 8.85. The van der Waals surface area contributed by atoms with E-state index in [1.807, 2.05) is 14.1 Å². The summed E-state index contributed by atoms with van der Waals surface area (Å²) in [6, 6.07) is 0.421. The van der Waals surface area contributed by atoms with Gasteiger partial charge in [-0.25, -0.2) is 5.90 Å². The van der Waals surface area contributed by atoms with E-state index < -0.39 is 0 Å². The van der Waals surface area contributed by atoms with Crippen LogP contribution >= 0.6 is 0 Å². The third-order valence-corrected chi connectivity index (χ3v) is 2.11. The molecule has 0 radical (unpaired) electrons. The summed E-state index contributed by atoms with van der Waals surface area (Å²) in [7, 11) is 4.05. The van der Waals surface area contributed by atoms with E-state index in [0.29, 0.717) is 6.04 Å². The standard InChI is InChI=1S/C7H15NO.H3NO/c1-8(2)6-4-3-5-7(6)9;1-2/h6-7,9H,3-5H2,1-2H3;2H,1H2/t6-,7+;/m1./s1. The van der Waals surface area contributed by atoms with Crippen LogP contribution in [0.4, 0.5) is 0 Å². The van der Waals surface area contributed by atoms with Crippen LogP contribution in [-0.2, 0) is 0 Å². The van der Waals surface area contributed by atoms with Gasteiger partial charge < -0.3 is 15.2 Å². The normalized spacial score (nSPS) is 30.0. The lowest BCUT2D eigenvalue weighted by atomic mass is 10.2. The number of likely N-dealkylation sites (N-methyl/N-ethyl adjacent to an activating group) is 1. The molecular formula is C7H18N2O2. The monoisotopic (exact) mass is 162 g/mol. The summed E-state index contributed by atoms with van der Waals surface area (Å²) in [6.07, 6.45) is 3.26. The van der Waals surface area contributed by atoms with E-state index in [1.165, 1.54) is 6.42 Å². The summed E-state index contributed by atoms with van der Waals surface area (Å²) < 4.78 is 0. The molecule has 0 aromatic heterocycles. The summed E-state index contributed by atoms with van der Waals surface area (Å²) >= 11 is 0. The van der Waals surface area contributed by atoms with E-state index in [0.717, 1.165) is 12.8 Å². The van der Waals surface area contributed by atoms with Crippen molar-refractivity contribution in [2.75, 3.05) is 14.1 Å². The van der Waals surface area contributed by atoms with Gasteiger partial charge in [0.15, 0.2) is 0 Å². The van der Waals surface area contributed by atoms with Gasteiger partial charge in [0.25, 0.3) is 0 Å². The van der Waals surface area contributed by atoms with Gasteiger partial charge in [0.1, 0.15) is 0 Å². The van der Waals surface area contributed by atoms with Crippen molar-refractivity contribution in [3.05, 3.63) is 0 Å². The SMILES string of the molecule is CN(C)[C@@H]1CCC[C@@H]1O.NO. The summed E-state index contributed by atoms with van der Waals surface area (Å²) in [5.41, 5.74) is 0. The number of nitrogens with two attached hydrogens (primary N) is 1. The molecule has 0 unspecified atom stereocenters. The van der Waals surface area contributed by atoms with Crippen LogP contribution in [0.5, 0.6) is 0 Å². The second kappa shape index (κ2) is 5.49. The quantitative estimate of drug-likeness (QED) is 0.467. The van der Waals surface area contributed by atoms with Gasteiger partial charge in [0, 0.05) is 6.04 Å². The highest BCUT2D eigenvalue weighted by Crippen LogP contribution is 2.21. The van der Waals surface area contributed by atoms with Gasteiger partial charge in [-0.2, -0.15) is 0 Å².